The maximum Gasteiger partial charge on any atom is 0.339 e. The lowest BCUT2D eigenvalue weighted by Crippen LogP contribution is -2.68. The van der Waals surface area contributed by atoms with Crippen molar-refractivity contribution in [2.75, 3.05) is 128 Å². The van der Waals surface area contributed by atoms with E-state index in [2.05, 4.69) is 56.7 Å². The minimum atomic E-state index is -1.79. The van der Waals surface area contributed by atoms with Crippen LogP contribution in [-0.4, -0.2) is 505 Å². The number of nitrogens with two attached hydrogens (primary N) is 7. The van der Waals surface area contributed by atoms with Gasteiger partial charge in [0.05, 0.1) is 81.2 Å². The molecule has 12 aliphatic rings. The van der Waals surface area contributed by atoms with Crippen LogP contribution in [0.3, 0.4) is 0 Å². The van der Waals surface area contributed by atoms with Crippen molar-refractivity contribution >= 4 is 29.6 Å². The molecule has 37 N–H and O–H groups in total. The second-order valence-electron chi connectivity index (χ2n) is 35.9. The van der Waals surface area contributed by atoms with Gasteiger partial charge in [-0.3, -0.25) is 19.2 Å². The lowest BCUT2D eigenvalue weighted by atomic mass is 9.77. The van der Waals surface area contributed by atoms with Crippen molar-refractivity contribution in [3.63, 3.8) is 0 Å². The number of carbonyl (C=O) groups is 5. The number of carbonyl (C=O) groups excluding carboxylic acids is 5. The minimum Gasteiger partial charge on any atom is -0.396 e. The van der Waals surface area contributed by atoms with Gasteiger partial charge in [0, 0.05) is 129 Å². The number of hydrogen-bond acceptors (Lipinski definition) is 52. The first-order chi connectivity index (χ1) is 66.8. The molecule has 7 aliphatic heterocycles. The van der Waals surface area contributed by atoms with E-state index >= 15 is 0 Å². The number of allylic oxidation sites excluding steroid dienone is 2. The molecule has 11 fully saturated rings. The summed E-state index contributed by atoms with van der Waals surface area (Å²) in [5.41, 5.74) is 66.5. The summed E-state index contributed by atoms with van der Waals surface area (Å²) in [6.07, 6.45) is -35.1. The largest absolute Gasteiger partial charge is 0.396 e. The summed E-state index contributed by atoms with van der Waals surface area (Å²) >= 11 is 0. The smallest absolute Gasteiger partial charge is 0.339 e. The van der Waals surface area contributed by atoms with Crippen LogP contribution in [0.2, 0.25) is 0 Å². The van der Waals surface area contributed by atoms with E-state index in [9.17, 15) is 116 Å². The predicted octanol–water partition coefficient (Wildman–Crippen LogP) is -12.8. The van der Waals surface area contributed by atoms with Crippen LogP contribution in [0.15, 0.2) is 27.5 Å². The number of aliphatic hydroxyl groups is 18. The third-order valence-corrected chi connectivity index (χ3v) is 27.6. The Morgan fingerprint density at radius 1 is 0.397 bits per heavy atom. The summed E-state index contributed by atoms with van der Waals surface area (Å²) < 4.78 is 87.6. The number of nitrogens with one attached hydrogen (secondary N) is 5. The number of fused-ring (bicyclic) bond motifs is 5. The zero-order chi connectivity index (χ0) is 103. The normalized spacial score (nSPS) is 42.4. The van der Waals surface area contributed by atoms with Gasteiger partial charge in [-0.25, -0.2) is 4.79 Å². The predicted molar refractivity (Wildman–Crippen MR) is 507 cm³/mol. The Kier molecular flexibility index (Phi) is 57.3. The fraction of sp³-hybridized carbons (Fsp3) is 0.918. The molecule has 61 nitrogen and oxygen atoms in total. The van der Waals surface area contributed by atoms with Gasteiger partial charge in [0.15, 0.2) is 37.7 Å². The van der Waals surface area contributed by atoms with Gasteiger partial charge in [-0.2, -0.15) is 0 Å². The van der Waals surface area contributed by atoms with E-state index < -0.39 is 331 Å². The quantitative estimate of drug-likeness (QED) is 0.00903. The van der Waals surface area contributed by atoms with E-state index in [-0.39, 0.29) is 140 Å². The van der Waals surface area contributed by atoms with Crippen molar-refractivity contribution in [1.29, 1.82) is 0 Å². The molecule has 0 radical (unpaired) electrons. The van der Waals surface area contributed by atoms with Crippen LogP contribution in [-0.2, 0) is 99.9 Å². The number of likely N-dealkylation sites (N-methyl/N-ethyl adjacent to an activating group) is 3. The van der Waals surface area contributed by atoms with Crippen LogP contribution < -0.4 is 66.7 Å². The third kappa shape index (κ3) is 31.0. The van der Waals surface area contributed by atoms with Gasteiger partial charge in [-0.05, 0) is 75.3 Å². The summed E-state index contributed by atoms with van der Waals surface area (Å²) in [4.78, 5) is 71.6. The number of rotatable bonds is 37. The van der Waals surface area contributed by atoms with E-state index in [1.54, 1.807) is 35.4 Å². The highest BCUT2D eigenvalue weighted by Gasteiger charge is 2.63. The maximum absolute atomic E-state index is 12.2. The van der Waals surface area contributed by atoms with E-state index in [0.717, 1.165) is 6.42 Å². The molecule has 4 amide bonds. The molecule has 12 rings (SSSR count). The number of hydroxylamine groups is 2. The van der Waals surface area contributed by atoms with Gasteiger partial charge >= 0.3 is 5.97 Å². The molecule has 22 unspecified atom stereocenters. The molecule has 0 aromatic rings. The monoisotopic (exact) mass is 2120 g/mol. The van der Waals surface area contributed by atoms with Crippen LogP contribution >= 0.6 is 0 Å². The van der Waals surface area contributed by atoms with Gasteiger partial charge in [-0.1, -0.05) is 72.1 Å². The molecular formula is C85H164N22O39. The first-order valence-electron chi connectivity index (χ1n) is 45.6. The summed E-state index contributed by atoms with van der Waals surface area (Å²) in [6, 6.07) is -6.86. The van der Waals surface area contributed by atoms with Crippen molar-refractivity contribution in [3.05, 3.63) is 43.5 Å². The van der Waals surface area contributed by atoms with Gasteiger partial charge < -0.3 is 235 Å². The van der Waals surface area contributed by atoms with Crippen molar-refractivity contribution in [2.24, 2.45) is 103 Å². The lowest BCUT2D eigenvalue weighted by Gasteiger charge is -2.52. The number of amides is 4. The number of aliphatic hydroxyl groups excluding tert-OH is 18. The number of hydrogen-bond donors (Lipinski definition) is 30. The molecule has 49 atom stereocenters. The SMILES string of the molecule is C.C.C.C.C.C.CNC1[C@H](OC)C(COC)O[C@H](OC2[C@@H](CO)[C@H](O[C@H]3OC(CNC(=O)CN=[N+]=[N-])[C@@H](CO)[C@H](CO)C3OC)C(NC)C[C@H]2NC)[C@@H]1CO.NCC1O[C@H](O[C@@H]2C(N)C[C@@H](N)C(O[C@H]3OC(CO)[C@@H](O)C(N)[C@H]3O)[C@H]2O)C(O)[C@@H](O)[C@@H]1O.[N-]=[N+]=NCC(=O)NCC1O[C@H](O[C@@H]2C(N)C[C@@H](N)C(O[C@H]3OC(CO)[C@@H](O)C(N)[C@H]3O)[C@H]2O)C(O)[C@@H](O)[C@@H]1O.[N-]=[N+]=NCC(=O)ON1C(=O)C2C3C=CC(C3)C2C1=O. The Bertz CT molecular complexity index is 3990. The van der Waals surface area contributed by atoms with Crippen LogP contribution in [0.5, 0.6) is 0 Å². The molecule has 0 aromatic carbocycles. The summed E-state index contributed by atoms with van der Waals surface area (Å²) in [5, 5.41) is 210. The van der Waals surface area contributed by atoms with Crippen molar-refractivity contribution in [2.45, 2.75) is 321 Å². The third-order valence-electron chi connectivity index (χ3n) is 27.6. The minimum absolute atomic E-state index is 0. The van der Waals surface area contributed by atoms with Crippen molar-refractivity contribution in [3.8, 4) is 0 Å². The molecule has 7 heterocycles. The highest BCUT2D eigenvalue weighted by molar-refractivity contribution is 6.06. The molecule has 0 aromatic heterocycles. The second-order valence-corrected chi connectivity index (χ2v) is 35.9. The number of methoxy groups -OCH3 is 3. The Morgan fingerprint density at radius 3 is 1.14 bits per heavy atom. The van der Waals surface area contributed by atoms with E-state index in [1.807, 2.05) is 12.2 Å². The molecular weight excluding hydrogens is 1950 g/mol. The molecule has 61 heteroatoms. The van der Waals surface area contributed by atoms with Gasteiger partial charge in [0.25, 0.3) is 11.8 Å². The molecule has 7 saturated heterocycles. The standard InChI is InChI=1S/C30H57N7O12.C20H37N7O12.C18H36N4O11.C11H10N4O4.6CH4/c1-32-19-7-20(33-2)26(18(13-41)25(19)48-29-17(12-40)24(34-3)28(45-6)22(47-29)14-43-4)49-30-27(44-5)16(11-39)15(10-38)21(46-30)8-35-23(42)9-36-37-31;21-5-1-6(22)18(16(35)17(5)38-19-13(32)10(23)11(30)8(4-28)37-19)39-20-15(34)14(33)12(31)7(36-20)2-25-9(29)3-26-27-24;19-2-6-10(25)12(27)13(28)18(30-6)33-16-5(21)1-4(20)15(14(16)29)32-17-11(26)8(22)9(24)7(3-23)31-17;12-14-13-4-7(16)19-15-10(17)8-5-1-2-6(3-5)9(8)11(15)18;;;;;;/h15-22,24-30,32-34,38-41H,7-14H2,1-6H3,(H,35,42);5-8,10-20,28,30-35H,1-4,21-23H2,(H,25,29);4-18,23-29H,1-3,19-22H2;1-2,5-6,8-9H,3-4H2;6*1H4/t15-,16-,17+,18+,19+,20?,21?,22?,24?,25?,26-,27?,28+,29+,30+;5-,6?,7?,8?,10?,11-,12-,13-,14+,15?,16-,17?,18-,19-,20-;4-,5?,6?,7?,8?,9-,10-,11-,12+,13?,14-,15?,16-,17-,18-;;;;;;;/m011......./s1. The zero-order valence-corrected chi connectivity index (χ0v) is 77.6. The fourth-order valence-corrected chi connectivity index (χ4v) is 20.0. The summed E-state index contributed by atoms with van der Waals surface area (Å²) in [6.45, 7) is -4.42. The van der Waals surface area contributed by atoms with Gasteiger partial charge in [0.2, 0.25) is 11.8 Å². The van der Waals surface area contributed by atoms with E-state index in [0.29, 0.717) is 11.5 Å². The number of azide groups is 3. The van der Waals surface area contributed by atoms with Crippen LogP contribution in [0.4, 0.5) is 0 Å². The highest BCUT2D eigenvalue weighted by Crippen LogP contribution is 2.53. The molecule has 0 spiro atoms. The highest BCUT2D eigenvalue weighted by atomic mass is 16.8. The fourth-order valence-electron chi connectivity index (χ4n) is 20.0. The maximum atomic E-state index is 12.2. The van der Waals surface area contributed by atoms with E-state index in [1.165, 1.54) is 7.11 Å². The average molecular weight is 2120 g/mol. The van der Waals surface area contributed by atoms with Crippen LogP contribution in [0.25, 0.3) is 31.3 Å². The number of imide groups is 1. The number of nitrogens with zero attached hydrogens (tertiary/aromatic N) is 10. The Hall–Kier alpha value is -6.50. The Balaban J connectivity index is 0.000000512. The van der Waals surface area contributed by atoms with Crippen LogP contribution in [0.1, 0.15) is 70.2 Å². The Labute approximate surface area is 845 Å². The molecule has 2 bridgehead atoms. The zero-order valence-electron chi connectivity index (χ0n) is 77.6. The Morgan fingerprint density at radius 2 is 0.760 bits per heavy atom. The van der Waals surface area contributed by atoms with Crippen molar-refractivity contribution < 1.29 is 192 Å². The average Bonchev–Trinajstić information content (AvgIpc) is 1.55. The first kappa shape index (κ1) is 134. The van der Waals surface area contributed by atoms with Gasteiger partial charge in [0.1, 0.15) is 160 Å². The molecule has 4 saturated carbocycles. The second kappa shape index (κ2) is 62.6. The van der Waals surface area contributed by atoms with Crippen molar-refractivity contribution in [1.82, 2.24) is 31.6 Å². The lowest BCUT2D eigenvalue weighted by molar-refractivity contribution is -0.332. The van der Waals surface area contributed by atoms with E-state index in [4.69, 9.17) is 133 Å². The molecule has 848 valence electrons. The summed E-state index contributed by atoms with van der Waals surface area (Å²) in [7, 11) is 9.93. The topological polar surface area (TPSA) is 989 Å². The van der Waals surface area contributed by atoms with Crippen LogP contribution in [0, 0.1) is 47.3 Å². The molecule has 5 aliphatic carbocycles. The number of ether oxygens (including phenoxy) is 15. The summed E-state index contributed by atoms with van der Waals surface area (Å²) in [5.74, 6) is -6.24. The molecule has 146 heavy (non-hydrogen) atoms. The first-order valence-corrected chi connectivity index (χ1v) is 45.6. The van der Waals surface area contributed by atoms with Gasteiger partial charge in [-0.15, -0.1) is 5.06 Å².